The fourth-order valence-corrected chi connectivity index (χ4v) is 0.634. The first-order valence-corrected chi connectivity index (χ1v) is 3.79. The highest BCUT2D eigenvalue weighted by molar-refractivity contribution is 4.84. The number of nitrogens with zero attached hydrogens (tertiary/aromatic N) is 1. The fourth-order valence-electron chi connectivity index (χ4n) is 0.634. The van der Waals surface area contributed by atoms with E-state index in [1.54, 1.807) is 0 Å². The summed E-state index contributed by atoms with van der Waals surface area (Å²) in [4.78, 5) is 0. The predicted octanol–water partition coefficient (Wildman–Crippen LogP) is 1.53. The summed E-state index contributed by atoms with van der Waals surface area (Å²) in [5, 5.41) is 11.5. The first-order chi connectivity index (χ1) is 4.66. The predicted molar refractivity (Wildman–Crippen MR) is 42.5 cm³/mol. The minimum absolute atomic E-state index is 0.00116. The molecule has 0 aliphatic heterocycles. The molecule has 0 heterocycles. The van der Waals surface area contributed by atoms with Crippen molar-refractivity contribution in [1.82, 2.24) is 5.32 Å². The van der Waals surface area contributed by atoms with Crippen LogP contribution in [0.15, 0.2) is 0 Å². The fraction of sp³-hybridized carbons (Fsp3) is 0.875. The van der Waals surface area contributed by atoms with Crippen LogP contribution in [0.1, 0.15) is 27.2 Å². The summed E-state index contributed by atoms with van der Waals surface area (Å²) in [6.07, 6.45) is 1.14. The third kappa shape index (κ3) is 5.58. The molecule has 0 radical (unpaired) electrons. The number of rotatable bonds is 4. The van der Waals surface area contributed by atoms with Crippen molar-refractivity contribution in [2.45, 2.75) is 33.2 Å². The summed E-state index contributed by atoms with van der Waals surface area (Å²) in [5.41, 5.74) is 0. The van der Waals surface area contributed by atoms with Crippen LogP contribution < -0.4 is 5.32 Å². The van der Waals surface area contributed by atoms with E-state index in [0.29, 0.717) is 0 Å². The zero-order chi connectivity index (χ0) is 7.98. The van der Waals surface area contributed by atoms with Crippen LogP contribution >= 0.6 is 0 Å². The SMILES string of the molecule is CC(C)CCNC(C)C#N. The molecular weight excluding hydrogens is 124 g/mol. The van der Waals surface area contributed by atoms with E-state index in [9.17, 15) is 0 Å². The van der Waals surface area contributed by atoms with Gasteiger partial charge in [-0.2, -0.15) is 5.26 Å². The highest BCUT2D eigenvalue weighted by Crippen LogP contribution is 1.96. The maximum absolute atomic E-state index is 8.39. The maximum Gasteiger partial charge on any atom is 0.0924 e. The third-order valence-corrected chi connectivity index (χ3v) is 1.37. The van der Waals surface area contributed by atoms with E-state index in [1.165, 1.54) is 0 Å². The summed E-state index contributed by atoms with van der Waals surface area (Å²) in [5.74, 6) is 0.721. The van der Waals surface area contributed by atoms with Crippen LogP contribution in [0.2, 0.25) is 0 Å². The van der Waals surface area contributed by atoms with E-state index in [4.69, 9.17) is 5.26 Å². The second-order valence-corrected chi connectivity index (χ2v) is 2.99. The molecule has 0 aliphatic carbocycles. The Hall–Kier alpha value is -0.550. The lowest BCUT2D eigenvalue weighted by molar-refractivity contribution is 0.524. The van der Waals surface area contributed by atoms with Gasteiger partial charge < -0.3 is 5.32 Å². The molecule has 1 unspecified atom stereocenters. The van der Waals surface area contributed by atoms with Crippen LogP contribution in [0.25, 0.3) is 0 Å². The van der Waals surface area contributed by atoms with E-state index in [1.807, 2.05) is 6.92 Å². The Morgan fingerprint density at radius 2 is 2.00 bits per heavy atom. The molecule has 1 atom stereocenters. The largest absolute Gasteiger partial charge is 0.302 e. The van der Waals surface area contributed by atoms with Gasteiger partial charge in [-0.25, -0.2) is 0 Å². The number of nitriles is 1. The van der Waals surface area contributed by atoms with Gasteiger partial charge in [-0.3, -0.25) is 0 Å². The zero-order valence-corrected chi connectivity index (χ0v) is 7.02. The molecule has 0 saturated heterocycles. The van der Waals surface area contributed by atoms with Crippen LogP contribution in [0, 0.1) is 17.2 Å². The highest BCUT2D eigenvalue weighted by atomic mass is 14.9. The molecule has 1 N–H and O–H groups in total. The molecule has 0 bridgehead atoms. The van der Waals surface area contributed by atoms with E-state index >= 15 is 0 Å². The van der Waals surface area contributed by atoms with E-state index in [-0.39, 0.29) is 6.04 Å². The molecule has 0 aromatic heterocycles. The Kier molecular flexibility index (Phi) is 4.96. The average molecular weight is 140 g/mol. The first-order valence-electron chi connectivity index (χ1n) is 3.79. The standard InChI is InChI=1S/C8H16N2/c1-7(2)4-5-10-8(3)6-9/h7-8,10H,4-5H2,1-3H3. The summed E-state index contributed by atoms with van der Waals surface area (Å²) in [6, 6.07) is 2.13. The van der Waals surface area contributed by atoms with Gasteiger partial charge in [0.1, 0.15) is 0 Å². The topological polar surface area (TPSA) is 35.8 Å². The van der Waals surface area contributed by atoms with Crippen LogP contribution in [0.5, 0.6) is 0 Å². The van der Waals surface area contributed by atoms with Crippen LogP contribution in [-0.4, -0.2) is 12.6 Å². The summed E-state index contributed by atoms with van der Waals surface area (Å²) in [6.45, 7) is 7.18. The monoisotopic (exact) mass is 140 g/mol. The van der Waals surface area contributed by atoms with E-state index < -0.39 is 0 Å². The quantitative estimate of drug-likeness (QED) is 0.643. The Balaban J connectivity index is 3.13. The van der Waals surface area contributed by atoms with Crippen molar-refractivity contribution in [1.29, 1.82) is 5.26 Å². The molecule has 0 aliphatic rings. The average Bonchev–Trinajstić information content (AvgIpc) is 1.87. The maximum atomic E-state index is 8.39. The van der Waals surface area contributed by atoms with Gasteiger partial charge in [-0.05, 0) is 25.8 Å². The molecule has 10 heavy (non-hydrogen) atoms. The van der Waals surface area contributed by atoms with Crippen LogP contribution in [0.3, 0.4) is 0 Å². The van der Waals surface area contributed by atoms with Crippen molar-refractivity contribution >= 4 is 0 Å². The second-order valence-electron chi connectivity index (χ2n) is 2.99. The molecule has 0 amide bonds. The summed E-state index contributed by atoms with van der Waals surface area (Å²) < 4.78 is 0. The van der Waals surface area contributed by atoms with Gasteiger partial charge in [0.25, 0.3) is 0 Å². The Morgan fingerprint density at radius 1 is 1.40 bits per heavy atom. The van der Waals surface area contributed by atoms with Crippen LogP contribution in [0.4, 0.5) is 0 Å². The molecule has 0 spiro atoms. The normalized spacial score (nSPS) is 13.1. The molecule has 2 nitrogen and oxygen atoms in total. The van der Waals surface area contributed by atoms with Gasteiger partial charge in [-0.1, -0.05) is 13.8 Å². The Labute approximate surface area is 63.2 Å². The number of hydrogen-bond donors (Lipinski definition) is 1. The molecule has 0 rings (SSSR count). The van der Waals surface area contributed by atoms with Crippen LogP contribution in [-0.2, 0) is 0 Å². The third-order valence-electron chi connectivity index (χ3n) is 1.37. The van der Waals surface area contributed by atoms with Gasteiger partial charge in [-0.15, -0.1) is 0 Å². The number of nitrogens with one attached hydrogen (secondary N) is 1. The summed E-state index contributed by atoms with van der Waals surface area (Å²) >= 11 is 0. The lowest BCUT2D eigenvalue weighted by Crippen LogP contribution is -2.25. The molecule has 0 fully saturated rings. The molecule has 0 saturated carbocycles. The minimum Gasteiger partial charge on any atom is -0.302 e. The molecule has 0 aromatic rings. The molecule has 0 aromatic carbocycles. The van der Waals surface area contributed by atoms with Crippen molar-refractivity contribution in [3.05, 3.63) is 0 Å². The van der Waals surface area contributed by atoms with Crippen molar-refractivity contribution in [3.8, 4) is 6.07 Å². The van der Waals surface area contributed by atoms with Gasteiger partial charge in [0.15, 0.2) is 0 Å². The first kappa shape index (κ1) is 9.45. The second kappa shape index (κ2) is 5.25. The van der Waals surface area contributed by atoms with Crippen molar-refractivity contribution < 1.29 is 0 Å². The summed E-state index contributed by atoms with van der Waals surface area (Å²) in [7, 11) is 0. The van der Waals surface area contributed by atoms with Gasteiger partial charge >= 0.3 is 0 Å². The van der Waals surface area contributed by atoms with Crippen molar-refractivity contribution in [2.75, 3.05) is 6.54 Å². The smallest absolute Gasteiger partial charge is 0.0924 e. The lowest BCUT2D eigenvalue weighted by Gasteiger charge is -2.07. The Morgan fingerprint density at radius 3 is 2.40 bits per heavy atom. The highest BCUT2D eigenvalue weighted by Gasteiger charge is 1.97. The van der Waals surface area contributed by atoms with Crippen molar-refractivity contribution in [2.24, 2.45) is 5.92 Å². The lowest BCUT2D eigenvalue weighted by atomic mass is 10.1. The zero-order valence-electron chi connectivity index (χ0n) is 7.02. The molecule has 58 valence electrons. The minimum atomic E-state index is -0.00116. The van der Waals surface area contributed by atoms with Gasteiger partial charge in [0, 0.05) is 0 Å². The van der Waals surface area contributed by atoms with Gasteiger partial charge in [0.2, 0.25) is 0 Å². The number of hydrogen-bond acceptors (Lipinski definition) is 2. The van der Waals surface area contributed by atoms with Gasteiger partial charge in [0.05, 0.1) is 12.1 Å². The van der Waals surface area contributed by atoms with E-state index in [0.717, 1.165) is 18.9 Å². The molecular formula is C8H16N2. The Bertz CT molecular complexity index is 113. The van der Waals surface area contributed by atoms with Crippen molar-refractivity contribution in [3.63, 3.8) is 0 Å². The van der Waals surface area contributed by atoms with E-state index in [2.05, 4.69) is 25.2 Å². The molecule has 2 heteroatoms.